The minimum Gasteiger partial charge on any atom is -0.481 e. The molecule has 5 heteroatoms. The summed E-state index contributed by atoms with van der Waals surface area (Å²) in [6, 6.07) is 7.31. The summed E-state index contributed by atoms with van der Waals surface area (Å²) in [6.45, 7) is 0. The first kappa shape index (κ1) is 10.4. The Balaban J connectivity index is 2.58. The molecule has 0 atom stereocenters. The topological polar surface area (TPSA) is 72.3 Å². The molecule has 82 valence electrons. The second-order valence-electron chi connectivity index (χ2n) is 3.24. The normalized spacial score (nSPS) is 10.3. The van der Waals surface area contributed by atoms with Crippen LogP contribution in [-0.2, 0) is 11.2 Å². The summed E-state index contributed by atoms with van der Waals surface area (Å²) in [5.41, 5.74) is 0.686. The van der Waals surface area contributed by atoms with Crippen LogP contribution in [0, 0.1) is 0 Å². The van der Waals surface area contributed by atoms with Gasteiger partial charge in [-0.2, -0.15) is 4.98 Å². The SMILES string of the molecule is COc1nc(CC(=O)O)nc2ccccc12. The van der Waals surface area contributed by atoms with E-state index in [1.165, 1.54) is 7.11 Å². The number of para-hydroxylation sites is 1. The summed E-state index contributed by atoms with van der Waals surface area (Å²) in [6.07, 6.45) is -0.207. The van der Waals surface area contributed by atoms with Gasteiger partial charge in [0.05, 0.1) is 18.0 Å². The van der Waals surface area contributed by atoms with Crippen LogP contribution in [0.25, 0.3) is 10.9 Å². The molecule has 2 aromatic rings. The van der Waals surface area contributed by atoms with Gasteiger partial charge < -0.3 is 9.84 Å². The second kappa shape index (κ2) is 4.14. The molecule has 16 heavy (non-hydrogen) atoms. The van der Waals surface area contributed by atoms with Crippen molar-refractivity contribution >= 4 is 16.9 Å². The molecule has 0 radical (unpaired) electrons. The maximum Gasteiger partial charge on any atom is 0.311 e. The Morgan fingerprint density at radius 2 is 2.12 bits per heavy atom. The standard InChI is InChI=1S/C11H10N2O3/c1-16-11-7-4-2-3-5-8(7)12-9(13-11)6-10(14)15/h2-5H,6H2,1H3,(H,14,15). The van der Waals surface area contributed by atoms with Gasteiger partial charge in [0.25, 0.3) is 0 Å². The summed E-state index contributed by atoms with van der Waals surface area (Å²) in [7, 11) is 1.50. The van der Waals surface area contributed by atoms with Crippen molar-refractivity contribution in [2.24, 2.45) is 0 Å². The van der Waals surface area contributed by atoms with Gasteiger partial charge in [-0.1, -0.05) is 12.1 Å². The van der Waals surface area contributed by atoms with Crippen LogP contribution in [0.5, 0.6) is 5.88 Å². The highest BCUT2D eigenvalue weighted by Crippen LogP contribution is 2.21. The van der Waals surface area contributed by atoms with E-state index in [4.69, 9.17) is 9.84 Å². The van der Waals surface area contributed by atoms with Gasteiger partial charge in [-0.15, -0.1) is 0 Å². The Kier molecular flexibility index (Phi) is 2.68. The second-order valence-corrected chi connectivity index (χ2v) is 3.24. The highest BCUT2D eigenvalue weighted by Gasteiger charge is 2.09. The number of carboxylic acids is 1. The first-order chi connectivity index (χ1) is 7.70. The fourth-order valence-electron chi connectivity index (χ4n) is 1.46. The maximum atomic E-state index is 10.6. The number of ether oxygens (including phenoxy) is 1. The number of nitrogens with zero attached hydrogens (tertiary/aromatic N) is 2. The van der Waals surface area contributed by atoms with Crippen molar-refractivity contribution in [2.45, 2.75) is 6.42 Å². The fourth-order valence-corrected chi connectivity index (χ4v) is 1.46. The monoisotopic (exact) mass is 218 g/mol. The number of aromatic nitrogens is 2. The van der Waals surface area contributed by atoms with Crippen LogP contribution in [-0.4, -0.2) is 28.2 Å². The van der Waals surface area contributed by atoms with E-state index in [9.17, 15) is 4.79 Å². The van der Waals surface area contributed by atoms with Crippen molar-refractivity contribution in [2.75, 3.05) is 7.11 Å². The zero-order valence-corrected chi connectivity index (χ0v) is 8.67. The van der Waals surface area contributed by atoms with Crippen molar-refractivity contribution in [3.8, 4) is 5.88 Å². The molecule has 0 aliphatic heterocycles. The highest BCUT2D eigenvalue weighted by atomic mass is 16.5. The predicted octanol–water partition coefficient (Wildman–Crippen LogP) is 1.27. The molecule has 2 rings (SSSR count). The molecule has 1 aromatic heterocycles. The van der Waals surface area contributed by atoms with Gasteiger partial charge in [-0.05, 0) is 12.1 Å². The van der Waals surface area contributed by atoms with Crippen molar-refractivity contribution < 1.29 is 14.6 Å². The van der Waals surface area contributed by atoms with Crippen molar-refractivity contribution in [3.05, 3.63) is 30.1 Å². The van der Waals surface area contributed by atoms with E-state index in [0.717, 1.165) is 5.39 Å². The lowest BCUT2D eigenvalue weighted by Gasteiger charge is -2.05. The average molecular weight is 218 g/mol. The highest BCUT2D eigenvalue weighted by molar-refractivity contribution is 5.83. The van der Waals surface area contributed by atoms with Crippen molar-refractivity contribution in [3.63, 3.8) is 0 Å². The smallest absolute Gasteiger partial charge is 0.311 e. The molecule has 0 aliphatic carbocycles. The summed E-state index contributed by atoms with van der Waals surface area (Å²) in [4.78, 5) is 18.8. The van der Waals surface area contributed by atoms with Gasteiger partial charge in [0, 0.05) is 0 Å². The summed E-state index contributed by atoms with van der Waals surface area (Å²) >= 11 is 0. The van der Waals surface area contributed by atoms with Gasteiger partial charge in [0.15, 0.2) is 0 Å². The van der Waals surface area contributed by atoms with Crippen LogP contribution in [0.15, 0.2) is 24.3 Å². The van der Waals surface area contributed by atoms with Crippen LogP contribution in [0.4, 0.5) is 0 Å². The van der Waals surface area contributed by atoms with E-state index in [1.807, 2.05) is 18.2 Å². The number of aliphatic carboxylic acids is 1. The number of methoxy groups -OCH3 is 1. The number of rotatable bonds is 3. The van der Waals surface area contributed by atoms with Gasteiger partial charge in [-0.25, -0.2) is 4.98 Å². The van der Waals surface area contributed by atoms with Gasteiger partial charge in [0.2, 0.25) is 5.88 Å². The molecule has 0 spiro atoms. The number of carboxylic acid groups (broad SMARTS) is 1. The molecule has 1 heterocycles. The first-order valence-electron chi connectivity index (χ1n) is 4.72. The van der Waals surface area contributed by atoms with E-state index in [1.54, 1.807) is 6.07 Å². The first-order valence-corrected chi connectivity index (χ1v) is 4.72. The maximum absolute atomic E-state index is 10.6. The number of fused-ring (bicyclic) bond motifs is 1. The number of benzene rings is 1. The molecular formula is C11H10N2O3. The van der Waals surface area contributed by atoms with E-state index in [2.05, 4.69) is 9.97 Å². The Labute approximate surface area is 91.7 Å². The molecule has 0 saturated heterocycles. The molecule has 0 unspecified atom stereocenters. The van der Waals surface area contributed by atoms with Gasteiger partial charge in [0.1, 0.15) is 12.2 Å². The van der Waals surface area contributed by atoms with Crippen LogP contribution in [0.1, 0.15) is 5.82 Å². The molecule has 5 nitrogen and oxygen atoms in total. The lowest BCUT2D eigenvalue weighted by atomic mass is 10.2. The zero-order chi connectivity index (χ0) is 11.5. The molecule has 1 N–H and O–H groups in total. The zero-order valence-electron chi connectivity index (χ0n) is 8.67. The third-order valence-electron chi connectivity index (χ3n) is 2.12. The molecule has 0 aliphatic rings. The van der Waals surface area contributed by atoms with E-state index >= 15 is 0 Å². The van der Waals surface area contributed by atoms with Crippen molar-refractivity contribution in [1.29, 1.82) is 0 Å². The average Bonchev–Trinajstić information content (AvgIpc) is 2.27. The third kappa shape index (κ3) is 1.93. The van der Waals surface area contributed by atoms with Gasteiger partial charge >= 0.3 is 5.97 Å². The third-order valence-corrected chi connectivity index (χ3v) is 2.12. The molecule has 0 amide bonds. The van der Waals surface area contributed by atoms with Gasteiger partial charge in [-0.3, -0.25) is 4.79 Å². The molecule has 0 fully saturated rings. The minimum absolute atomic E-state index is 0.207. The lowest BCUT2D eigenvalue weighted by Crippen LogP contribution is -2.06. The summed E-state index contributed by atoms with van der Waals surface area (Å²) in [5.74, 6) is -0.303. The van der Waals surface area contributed by atoms with Crippen LogP contribution < -0.4 is 4.74 Å². The number of hydrogen-bond acceptors (Lipinski definition) is 4. The Hall–Kier alpha value is -2.17. The van der Waals surface area contributed by atoms with E-state index in [0.29, 0.717) is 11.4 Å². The van der Waals surface area contributed by atoms with E-state index < -0.39 is 5.97 Å². The number of hydrogen-bond donors (Lipinski definition) is 1. The van der Waals surface area contributed by atoms with E-state index in [-0.39, 0.29) is 12.2 Å². The Morgan fingerprint density at radius 1 is 1.38 bits per heavy atom. The molecule has 0 bridgehead atoms. The largest absolute Gasteiger partial charge is 0.481 e. The molecule has 1 aromatic carbocycles. The molecular weight excluding hydrogens is 208 g/mol. The Bertz CT molecular complexity index is 540. The number of carbonyl (C=O) groups is 1. The van der Waals surface area contributed by atoms with Crippen LogP contribution >= 0.6 is 0 Å². The molecule has 0 saturated carbocycles. The lowest BCUT2D eigenvalue weighted by molar-refractivity contribution is -0.136. The predicted molar refractivity (Wildman–Crippen MR) is 57.4 cm³/mol. The fraction of sp³-hybridized carbons (Fsp3) is 0.182. The van der Waals surface area contributed by atoms with Crippen LogP contribution in [0.2, 0.25) is 0 Å². The van der Waals surface area contributed by atoms with Crippen molar-refractivity contribution in [1.82, 2.24) is 9.97 Å². The Morgan fingerprint density at radius 3 is 2.81 bits per heavy atom. The summed E-state index contributed by atoms with van der Waals surface area (Å²) in [5, 5.41) is 9.46. The van der Waals surface area contributed by atoms with Crippen LogP contribution in [0.3, 0.4) is 0 Å². The summed E-state index contributed by atoms with van der Waals surface area (Å²) < 4.78 is 5.11. The minimum atomic E-state index is -0.961. The quantitative estimate of drug-likeness (QED) is 0.839.